The smallest absolute Gasteiger partial charge is 0.292 e. The summed E-state index contributed by atoms with van der Waals surface area (Å²) in [6, 6.07) is 8.68. The molecule has 1 aromatic carbocycles. The van der Waals surface area contributed by atoms with Crippen LogP contribution >= 0.6 is 15.9 Å². The minimum Gasteiger partial charge on any atom is -0.303 e. The molecule has 0 heterocycles. The Labute approximate surface area is 131 Å². The fourth-order valence-electron chi connectivity index (χ4n) is 1.91. The van der Waals surface area contributed by atoms with Gasteiger partial charge in [0, 0.05) is 4.48 Å². The SMILES string of the molecule is CC1=CC(N=Nc2ccccc2)C=C(Br)C1(N)S(=O)(=O)O. The third-order valence-electron chi connectivity index (χ3n) is 3.15. The molecule has 0 bridgehead atoms. The van der Waals surface area contributed by atoms with Gasteiger partial charge in [-0.2, -0.15) is 18.6 Å². The van der Waals surface area contributed by atoms with Crippen LogP contribution in [0.2, 0.25) is 0 Å². The Hall–Kier alpha value is -1.35. The molecule has 1 aliphatic rings. The largest absolute Gasteiger partial charge is 0.303 e. The highest BCUT2D eigenvalue weighted by molar-refractivity contribution is 9.12. The van der Waals surface area contributed by atoms with Crippen molar-refractivity contribution >= 4 is 31.7 Å². The molecule has 0 amide bonds. The molecule has 0 spiro atoms. The lowest BCUT2D eigenvalue weighted by atomic mass is 9.99. The molecule has 0 radical (unpaired) electrons. The molecule has 1 aromatic rings. The first kappa shape index (κ1) is 16.0. The first-order chi connectivity index (χ1) is 9.75. The molecule has 0 aliphatic heterocycles. The maximum Gasteiger partial charge on any atom is 0.292 e. The lowest BCUT2D eigenvalue weighted by Gasteiger charge is -2.30. The summed E-state index contributed by atoms with van der Waals surface area (Å²) < 4.78 is 32.4. The highest BCUT2D eigenvalue weighted by Gasteiger charge is 2.45. The summed E-state index contributed by atoms with van der Waals surface area (Å²) in [7, 11) is -4.49. The average Bonchev–Trinajstić information content (AvgIpc) is 2.42. The summed E-state index contributed by atoms with van der Waals surface area (Å²) in [5.74, 6) is 0. The molecule has 1 aliphatic carbocycles. The molecule has 0 fully saturated rings. The van der Waals surface area contributed by atoms with Crippen LogP contribution in [-0.2, 0) is 10.1 Å². The van der Waals surface area contributed by atoms with E-state index in [2.05, 4.69) is 26.2 Å². The van der Waals surface area contributed by atoms with Gasteiger partial charge in [0.05, 0.1) is 5.69 Å². The Morgan fingerprint density at radius 3 is 2.43 bits per heavy atom. The molecule has 0 saturated carbocycles. The van der Waals surface area contributed by atoms with E-state index in [1.807, 2.05) is 18.2 Å². The molecule has 6 nitrogen and oxygen atoms in total. The van der Waals surface area contributed by atoms with Crippen LogP contribution in [0.25, 0.3) is 0 Å². The number of nitrogens with two attached hydrogens (primary N) is 1. The molecule has 2 atom stereocenters. The molecule has 0 saturated heterocycles. The Morgan fingerprint density at radius 2 is 1.90 bits per heavy atom. The summed E-state index contributed by atoms with van der Waals surface area (Å²) in [6.45, 7) is 1.52. The van der Waals surface area contributed by atoms with E-state index in [4.69, 9.17) is 5.73 Å². The minimum absolute atomic E-state index is 0.134. The number of hydrogen-bond donors (Lipinski definition) is 2. The third-order valence-corrected chi connectivity index (χ3v) is 5.66. The van der Waals surface area contributed by atoms with Crippen molar-refractivity contribution in [1.29, 1.82) is 0 Å². The van der Waals surface area contributed by atoms with Crippen molar-refractivity contribution in [3.05, 3.63) is 52.5 Å². The summed E-state index contributed by atoms with van der Waals surface area (Å²) in [4.78, 5) is -1.97. The second-order valence-corrected chi connectivity index (χ2v) is 7.07. The minimum atomic E-state index is -4.49. The quantitative estimate of drug-likeness (QED) is 0.483. The maximum atomic E-state index is 11.5. The summed E-state index contributed by atoms with van der Waals surface area (Å²) in [6.07, 6.45) is 3.04. The molecular weight excluding hydrogens is 358 g/mol. The zero-order valence-corrected chi connectivity index (χ0v) is 13.5. The number of hydrogen-bond acceptors (Lipinski definition) is 5. The van der Waals surface area contributed by atoms with Crippen molar-refractivity contribution in [2.24, 2.45) is 16.0 Å². The number of azo groups is 1. The number of nitrogens with zero attached hydrogens (tertiary/aromatic N) is 2. The number of halogens is 1. The van der Waals surface area contributed by atoms with E-state index in [0.717, 1.165) is 0 Å². The fourth-order valence-corrected chi connectivity index (χ4v) is 3.90. The molecule has 21 heavy (non-hydrogen) atoms. The fraction of sp³-hybridized carbons (Fsp3) is 0.231. The number of rotatable bonds is 3. The summed E-state index contributed by atoms with van der Waals surface area (Å²) in [5.41, 5.74) is 6.76. The molecule has 3 N–H and O–H groups in total. The van der Waals surface area contributed by atoms with Crippen molar-refractivity contribution in [2.45, 2.75) is 17.8 Å². The van der Waals surface area contributed by atoms with Crippen LogP contribution in [0.5, 0.6) is 0 Å². The van der Waals surface area contributed by atoms with Gasteiger partial charge in [0.2, 0.25) is 0 Å². The first-order valence-electron chi connectivity index (χ1n) is 6.03. The van der Waals surface area contributed by atoms with E-state index in [-0.39, 0.29) is 10.1 Å². The van der Waals surface area contributed by atoms with Crippen molar-refractivity contribution in [2.75, 3.05) is 0 Å². The van der Waals surface area contributed by atoms with Gasteiger partial charge in [0.15, 0.2) is 4.87 Å². The van der Waals surface area contributed by atoms with Gasteiger partial charge in [-0.1, -0.05) is 40.2 Å². The Kier molecular flexibility index (Phi) is 4.43. The zero-order chi connectivity index (χ0) is 15.7. The van der Waals surface area contributed by atoms with Crippen LogP contribution in [0.1, 0.15) is 6.92 Å². The predicted octanol–water partition coefficient (Wildman–Crippen LogP) is 2.92. The van der Waals surface area contributed by atoms with E-state index in [9.17, 15) is 13.0 Å². The molecular formula is C13H14BrN3O3S. The second-order valence-electron chi connectivity index (χ2n) is 4.62. The average molecular weight is 372 g/mol. The van der Waals surface area contributed by atoms with Gasteiger partial charge in [-0.25, -0.2) is 0 Å². The van der Waals surface area contributed by atoms with Crippen LogP contribution in [0, 0.1) is 0 Å². The van der Waals surface area contributed by atoms with Crippen LogP contribution in [0.3, 0.4) is 0 Å². The van der Waals surface area contributed by atoms with E-state index in [0.29, 0.717) is 5.69 Å². The lowest BCUT2D eigenvalue weighted by Crippen LogP contribution is -2.50. The van der Waals surface area contributed by atoms with Crippen LogP contribution in [0.15, 0.2) is 62.8 Å². The van der Waals surface area contributed by atoms with Crippen LogP contribution in [-0.4, -0.2) is 23.9 Å². The molecule has 0 aromatic heterocycles. The Bertz CT molecular complexity index is 706. The highest BCUT2D eigenvalue weighted by Crippen LogP contribution is 2.36. The standard InChI is InChI=1S/C13H14BrN3O3S/c1-9-7-11(17-16-10-5-3-2-4-6-10)8-12(14)13(9,15)21(18,19)20/h2-8,11H,15H2,1H3,(H,18,19,20). The van der Waals surface area contributed by atoms with Gasteiger partial charge in [0.1, 0.15) is 6.04 Å². The second kappa shape index (κ2) is 5.80. The molecule has 112 valence electrons. The third kappa shape index (κ3) is 3.13. The Morgan fingerprint density at radius 1 is 1.29 bits per heavy atom. The van der Waals surface area contributed by atoms with Crippen molar-refractivity contribution in [3.63, 3.8) is 0 Å². The van der Waals surface area contributed by atoms with Gasteiger partial charge in [-0.3, -0.25) is 4.55 Å². The monoisotopic (exact) mass is 371 g/mol. The van der Waals surface area contributed by atoms with Crippen molar-refractivity contribution in [3.8, 4) is 0 Å². The molecule has 8 heteroatoms. The summed E-state index contributed by atoms with van der Waals surface area (Å²) >= 11 is 3.11. The number of benzene rings is 1. The van der Waals surface area contributed by atoms with E-state index in [1.54, 1.807) is 18.2 Å². The van der Waals surface area contributed by atoms with Gasteiger partial charge in [-0.15, -0.1) is 0 Å². The van der Waals surface area contributed by atoms with E-state index >= 15 is 0 Å². The van der Waals surface area contributed by atoms with Crippen molar-refractivity contribution < 1.29 is 13.0 Å². The normalized spacial score (nSPS) is 26.6. The van der Waals surface area contributed by atoms with Crippen LogP contribution < -0.4 is 5.73 Å². The Balaban J connectivity index is 2.31. The zero-order valence-electron chi connectivity index (χ0n) is 11.1. The van der Waals surface area contributed by atoms with Gasteiger partial charge in [0.25, 0.3) is 10.1 Å². The highest BCUT2D eigenvalue weighted by atomic mass is 79.9. The lowest BCUT2D eigenvalue weighted by molar-refractivity contribution is 0.457. The van der Waals surface area contributed by atoms with E-state index < -0.39 is 21.0 Å². The predicted molar refractivity (Wildman–Crippen MR) is 84.0 cm³/mol. The molecule has 2 rings (SSSR count). The van der Waals surface area contributed by atoms with Gasteiger partial charge < -0.3 is 5.73 Å². The first-order valence-corrected chi connectivity index (χ1v) is 8.27. The van der Waals surface area contributed by atoms with Crippen LogP contribution in [0.4, 0.5) is 5.69 Å². The van der Waals surface area contributed by atoms with Gasteiger partial charge >= 0.3 is 0 Å². The topological polar surface area (TPSA) is 105 Å². The maximum absolute atomic E-state index is 11.5. The summed E-state index contributed by atoms with van der Waals surface area (Å²) in [5, 5.41) is 8.18. The van der Waals surface area contributed by atoms with Crippen molar-refractivity contribution in [1.82, 2.24) is 0 Å². The van der Waals surface area contributed by atoms with E-state index in [1.165, 1.54) is 13.0 Å². The van der Waals surface area contributed by atoms with Gasteiger partial charge in [-0.05, 0) is 30.7 Å². The molecule has 2 unspecified atom stereocenters.